The van der Waals surface area contributed by atoms with Gasteiger partial charge in [0.2, 0.25) is 0 Å². The lowest BCUT2D eigenvalue weighted by atomic mass is 9.84. The average molecular weight is 776 g/mol. The van der Waals surface area contributed by atoms with E-state index in [-0.39, 0.29) is 0 Å². The van der Waals surface area contributed by atoms with E-state index >= 15 is 0 Å². The number of nitrogens with one attached hydrogen (secondary N) is 1. The molecule has 1 nitrogen and oxygen atoms in total. The second-order valence-corrected chi connectivity index (χ2v) is 18.3. The molecule has 1 heteroatoms. The van der Waals surface area contributed by atoms with Crippen LogP contribution in [0.4, 0.5) is 0 Å². The van der Waals surface area contributed by atoms with Gasteiger partial charge < -0.3 is 5.32 Å². The van der Waals surface area contributed by atoms with Crippen LogP contribution in [0, 0.1) is 78.1 Å². The number of rotatable bonds is 0. The van der Waals surface area contributed by atoms with E-state index < -0.39 is 0 Å². The molecule has 0 bridgehead atoms. The van der Waals surface area contributed by atoms with Crippen molar-refractivity contribution in [3.05, 3.63) is 142 Å². The molecule has 4 aliphatic rings. The highest BCUT2D eigenvalue weighted by Crippen LogP contribution is 2.27. The minimum absolute atomic E-state index is 0.935. The van der Waals surface area contributed by atoms with E-state index in [9.17, 15) is 0 Å². The second-order valence-electron chi connectivity index (χ2n) is 18.3. The molecule has 0 aromatic heterocycles. The van der Waals surface area contributed by atoms with Crippen LogP contribution < -0.4 is 5.32 Å². The molecule has 0 spiro atoms. The van der Waals surface area contributed by atoms with Gasteiger partial charge in [0, 0.05) is 0 Å². The second kappa shape index (κ2) is 32.8. The van der Waals surface area contributed by atoms with E-state index in [1.54, 1.807) is 0 Å². The van der Waals surface area contributed by atoms with Crippen LogP contribution in [0.1, 0.15) is 157 Å². The van der Waals surface area contributed by atoms with Crippen molar-refractivity contribution >= 4 is 0 Å². The zero-order valence-electron chi connectivity index (χ0n) is 39.3. The summed E-state index contributed by atoms with van der Waals surface area (Å²) in [7, 11) is 0. The molecule has 1 saturated heterocycles. The highest BCUT2D eigenvalue weighted by Gasteiger charge is 2.13. The Hall–Kier alpha value is -3.16. The Kier molecular flexibility index (Phi) is 29.8. The first-order chi connectivity index (χ1) is 27.2. The molecule has 4 aromatic carbocycles. The SMILES string of the molecule is CC1CCC1.CC1CCCC(C)C1.CC1CCCCC1.CC1CCNC1.Cc1ccc(C)cc1.Cc1cccc(C)c1.Cc1ccccc1.Cc1ccccc1C. The number of hydrogen-bond donors (Lipinski definition) is 1. The minimum atomic E-state index is 0.935. The maximum absolute atomic E-state index is 3.27. The Bertz CT molecular complexity index is 1400. The third-order valence-electron chi connectivity index (χ3n) is 11.6. The van der Waals surface area contributed by atoms with Crippen LogP contribution in [0.15, 0.2) is 103 Å². The molecule has 3 saturated carbocycles. The maximum atomic E-state index is 3.27. The summed E-state index contributed by atoms with van der Waals surface area (Å²) in [5.41, 5.74) is 9.39. The normalized spacial score (nSPS) is 19.5. The van der Waals surface area contributed by atoms with Crippen LogP contribution >= 0.6 is 0 Å². The lowest BCUT2D eigenvalue weighted by Crippen LogP contribution is -2.09. The van der Waals surface area contributed by atoms with E-state index in [4.69, 9.17) is 0 Å². The summed E-state index contributed by atoms with van der Waals surface area (Å²) >= 11 is 0. The molecule has 3 atom stereocenters. The third-order valence-corrected chi connectivity index (χ3v) is 11.6. The molecule has 4 fully saturated rings. The van der Waals surface area contributed by atoms with E-state index in [1.807, 2.05) is 18.2 Å². The predicted molar refractivity (Wildman–Crippen MR) is 258 cm³/mol. The first-order valence-corrected chi connectivity index (χ1v) is 23.1. The van der Waals surface area contributed by atoms with Gasteiger partial charge in [0.05, 0.1) is 0 Å². The van der Waals surface area contributed by atoms with E-state index in [0.717, 1.165) is 29.6 Å². The van der Waals surface area contributed by atoms with Crippen molar-refractivity contribution in [3.8, 4) is 0 Å². The molecule has 0 radical (unpaired) electrons. The van der Waals surface area contributed by atoms with Crippen molar-refractivity contribution in [2.75, 3.05) is 13.1 Å². The molecule has 1 aliphatic heterocycles. The standard InChI is InChI=1S/C8H10.C8H16.2C8H10.C7H14.C7H8.C5H11N.C5H10/c1-7-3-5-8(2)6-4-7;2*1-7-4-3-5-8(2)6-7;1-7-5-3-4-6-8(7)2;2*1-7-5-3-2-4-6-7;1-5-2-3-6-4-5;1-5-3-2-4-5/h3-6H,1-2H3;7-8H,3-6H2,1-2H3;2*3-6H,1-2H3;7H,2-6H2,1H3;2-6H,1H3;5-6H,2-4H2,1H3;5H,2-4H2,1H3. The molecule has 3 aliphatic carbocycles. The number of benzene rings is 4. The Morgan fingerprint density at radius 3 is 0.965 bits per heavy atom. The summed E-state index contributed by atoms with van der Waals surface area (Å²) in [5, 5.41) is 3.27. The Morgan fingerprint density at radius 1 is 0.351 bits per heavy atom. The first kappa shape index (κ1) is 51.9. The van der Waals surface area contributed by atoms with Crippen LogP contribution in [-0.2, 0) is 0 Å². The van der Waals surface area contributed by atoms with E-state index in [0.29, 0.717) is 0 Å². The monoisotopic (exact) mass is 776 g/mol. The predicted octanol–water partition coefficient (Wildman–Crippen LogP) is 16.7. The van der Waals surface area contributed by atoms with Crippen LogP contribution in [0.25, 0.3) is 0 Å². The highest BCUT2D eigenvalue weighted by atomic mass is 14.9. The van der Waals surface area contributed by atoms with Crippen molar-refractivity contribution in [3.63, 3.8) is 0 Å². The molecule has 57 heavy (non-hydrogen) atoms. The van der Waals surface area contributed by atoms with Crippen LogP contribution in [0.3, 0.4) is 0 Å². The molecular formula is C56H89N. The lowest BCUT2D eigenvalue weighted by Gasteiger charge is -2.22. The van der Waals surface area contributed by atoms with Gasteiger partial charge in [0.25, 0.3) is 0 Å². The van der Waals surface area contributed by atoms with Gasteiger partial charge in [0.1, 0.15) is 0 Å². The third kappa shape index (κ3) is 30.6. The first-order valence-electron chi connectivity index (χ1n) is 23.1. The fourth-order valence-electron chi connectivity index (χ4n) is 7.10. The molecule has 1 N–H and O–H groups in total. The van der Waals surface area contributed by atoms with E-state index in [2.05, 4.69) is 173 Å². The summed E-state index contributed by atoms with van der Waals surface area (Å²) in [6.45, 7) is 28.9. The quantitative estimate of drug-likeness (QED) is 0.188. The van der Waals surface area contributed by atoms with Gasteiger partial charge in [0.15, 0.2) is 0 Å². The number of aryl methyl sites for hydroxylation is 7. The zero-order valence-corrected chi connectivity index (χ0v) is 39.3. The highest BCUT2D eigenvalue weighted by molar-refractivity contribution is 5.23. The Morgan fingerprint density at radius 2 is 0.737 bits per heavy atom. The molecule has 1 heterocycles. The number of hydrogen-bond acceptors (Lipinski definition) is 1. The average Bonchev–Trinajstić information content (AvgIpc) is 3.66. The van der Waals surface area contributed by atoms with Crippen molar-refractivity contribution in [1.29, 1.82) is 0 Å². The van der Waals surface area contributed by atoms with Gasteiger partial charge in [-0.15, -0.1) is 0 Å². The lowest BCUT2D eigenvalue weighted by molar-refractivity contribution is 0.301. The van der Waals surface area contributed by atoms with Gasteiger partial charge in [-0.1, -0.05) is 236 Å². The van der Waals surface area contributed by atoms with Crippen LogP contribution in [-0.4, -0.2) is 13.1 Å². The Balaban J connectivity index is 0.000000327. The van der Waals surface area contributed by atoms with Crippen molar-refractivity contribution in [2.24, 2.45) is 29.6 Å². The molecule has 0 amide bonds. The topological polar surface area (TPSA) is 12.0 Å². The van der Waals surface area contributed by atoms with Gasteiger partial charge in [-0.2, -0.15) is 0 Å². The Labute approximate surface area is 355 Å². The van der Waals surface area contributed by atoms with Gasteiger partial charge in [-0.05, 0) is 115 Å². The smallest absolute Gasteiger partial charge is 0.00227 e. The van der Waals surface area contributed by atoms with Crippen molar-refractivity contribution < 1.29 is 0 Å². The molecule has 318 valence electrons. The van der Waals surface area contributed by atoms with Crippen molar-refractivity contribution in [2.45, 2.75) is 167 Å². The summed E-state index contributed by atoms with van der Waals surface area (Å²) in [6, 6.07) is 35.5. The van der Waals surface area contributed by atoms with Gasteiger partial charge >= 0.3 is 0 Å². The van der Waals surface area contributed by atoms with Crippen molar-refractivity contribution in [1.82, 2.24) is 5.32 Å². The van der Waals surface area contributed by atoms with Gasteiger partial charge in [-0.3, -0.25) is 0 Å². The summed E-state index contributed by atoms with van der Waals surface area (Å²) in [5.74, 6) is 5.06. The zero-order chi connectivity index (χ0) is 42.3. The van der Waals surface area contributed by atoms with E-state index in [1.165, 1.54) is 136 Å². The summed E-state index contributed by atoms with van der Waals surface area (Å²) in [4.78, 5) is 0. The summed E-state index contributed by atoms with van der Waals surface area (Å²) < 4.78 is 0. The van der Waals surface area contributed by atoms with Crippen LogP contribution in [0.2, 0.25) is 0 Å². The summed E-state index contributed by atoms with van der Waals surface area (Å²) in [6.07, 6.45) is 19.2. The molecule has 8 rings (SSSR count). The maximum Gasteiger partial charge on any atom is -0.00227 e. The fourth-order valence-corrected chi connectivity index (χ4v) is 7.10. The van der Waals surface area contributed by atoms with Gasteiger partial charge in [-0.25, -0.2) is 0 Å². The van der Waals surface area contributed by atoms with Crippen LogP contribution in [0.5, 0.6) is 0 Å². The molecule has 4 aromatic rings. The fraction of sp³-hybridized carbons (Fsp3) is 0.571. The largest absolute Gasteiger partial charge is 0.316 e. The minimum Gasteiger partial charge on any atom is -0.316 e. The molecular weight excluding hydrogens is 687 g/mol. The molecule has 3 unspecified atom stereocenters.